The lowest BCUT2D eigenvalue weighted by atomic mass is 10.1. The van der Waals surface area contributed by atoms with Gasteiger partial charge in [0, 0.05) is 0 Å². The highest BCUT2D eigenvalue weighted by molar-refractivity contribution is 5.92. The smallest absolute Gasteiger partial charge is 0.409 e. The number of rotatable bonds is 4. The van der Waals surface area contributed by atoms with Crippen LogP contribution in [0.1, 0.15) is 15.9 Å². The standard InChI is InChI=1S/C17H14O5/c1-2-5-11-8-9-14-15(10-11)21-17(20-14)22-16(19)12-6-3-4-7-13(12)18/h2-4,6-10,17-18H,1,5H2. The first kappa shape index (κ1) is 14.0. The third-order valence-electron chi connectivity index (χ3n) is 3.16. The van der Waals surface area contributed by atoms with Crippen LogP contribution in [0.2, 0.25) is 0 Å². The lowest BCUT2D eigenvalue weighted by molar-refractivity contribution is -0.140. The molecule has 0 aromatic heterocycles. The Balaban J connectivity index is 1.70. The molecule has 2 aromatic carbocycles. The van der Waals surface area contributed by atoms with E-state index in [-0.39, 0.29) is 11.3 Å². The number of phenolic OH excluding ortho intramolecular Hbond substituents is 1. The largest absolute Gasteiger partial charge is 0.507 e. The molecule has 0 bridgehead atoms. The molecule has 1 N–H and O–H groups in total. The van der Waals surface area contributed by atoms with Crippen LogP contribution in [0.25, 0.3) is 0 Å². The monoisotopic (exact) mass is 298 g/mol. The summed E-state index contributed by atoms with van der Waals surface area (Å²) in [6.45, 7) is 2.51. The van der Waals surface area contributed by atoms with E-state index < -0.39 is 12.4 Å². The van der Waals surface area contributed by atoms with E-state index >= 15 is 0 Å². The molecule has 1 aliphatic heterocycles. The number of phenols is 1. The maximum absolute atomic E-state index is 12.0. The Morgan fingerprint density at radius 1 is 1.23 bits per heavy atom. The summed E-state index contributed by atoms with van der Waals surface area (Å²) in [6, 6.07) is 11.6. The van der Waals surface area contributed by atoms with Gasteiger partial charge in [0.1, 0.15) is 11.3 Å². The Bertz CT molecular complexity index is 723. The Kier molecular flexibility index (Phi) is 3.70. The summed E-state index contributed by atoms with van der Waals surface area (Å²) in [5.41, 5.74) is 1.07. The third-order valence-corrected chi connectivity index (χ3v) is 3.16. The molecule has 112 valence electrons. The number of hydrogen-bond donors (Lipinski definition) is 1. The van der Waals surface area contributed by atoms with Crippen molar-refractivity contribution in [3.05, 3.63) is 66.2 Å². The molecule has 1 unspecified atom stereocenters. The molecule has 0 spiro atoms. The van der Waals surface area contributed by atoms with E-state index in [9.17, 15) is 9.90 Å². The van der Waals surface area contributed by atoms with Gasteiger partial charge in [0.15, 0.2) is 11.5 Å². The minimum atomic E-state index is -1.17. The fraction of sp³-hybridized carbons (Fsp3) is 0.118. The number of esters is 1. The number of carbonyl (C=O) groups excluding carboxylic acids is 1. The average molecular weight is 298 g/mol. The summed E-state index contributed by atoms with van der Waals surface area (Å²) in [5.74, 6) is 0.135. The van der Waals surface area contributed by atoms with Crippen molar-refractivity contribution in [3.63, 3.8) is 0 Å². The van der Waals surface area contributed by atoms with Gasteiger partial charge in [-0.05, 0) is 36.2 Å². The molecule has 1 atom stereocenters. The SMILES string of the molecule is C=CCc1ccc2c(c1)OC(OC(=O)c1ccccc1O)O2. The maximum atomic E-state index is 12.0. The van der Waals surface area contributed by atoms with E-state index in [1.54, 1.807) is 24.3 Å². The first-order chi connectivity index (χ1) is 10.7. The molecule has 3 rings (SSSR count). The molecule has 0 amide bonds. The summed E-state index contributed by atoms with van der Waals surface area (Å²) >= 11 is 0. The summed E-state index contributed by atoms with van der Waals surface area (Å²) in [4.78, 5) is 12.0. The molecule has 5 nitrogen and oxygen atoms in total. The Morgan fingerprint density at radius 2 is 2.00 bits per heavy atom. The predicted octanol–water partition coefficient (Wildman–Crippen LogP) is 3.03. The summed E-state index contributed by atoms with van der Waals surface area (Å²) in [7, 11) is 0. The van der Waals surface area contributed by atoms with Gasteiger partial charge in [-0.15, -0.1) is 6.58 Å². The van der Waals surface area contributed by atoms with Gasteiger partial charge in [-0.3, -0.25) is 0 Å². The van der Waals surface area contributed by atoms with Gasteiger partial charge in [0.05, 0.1) is 0 Å². The van der Waals surface area contributed by atoms with Crippen molar-refractivity contribution in [1.82, 2.24) is 0 Å². The van der Waals surface area contributed by atoms with Crippen LogP contribution in [0, 0.1) is 0 Å². The van der Waals surface area contributed by atoms with Gasteiger partial charge in [0.25, 0.3) is 0 Å². The van der Waals surface area contributed by atoms with E-state index in [4.69, 9.17) is 14.2 Å². The second kappa shape index (κ2) is 5.81. The Morgan fingerprint density at radius 3 is 2.77 bits per heavy atom. The van der Waals surface area contributed by atoms with E-state index in [0.29, 0.717) is 17.9 Å². The second-order valence-electron chi connectivity index (χ2n) is 4.72. The third kappa shape index (κ3) is 2.74. The molecule has 0 fully saturated rings. The highest BCUT2D eigenvalue weighted by Crippen LogP contribution is 2.36. The molecule has 0 saturated carbocycles. The van der Waals surface area contributed by atoms with E-state index in [1.165, 1.54) is 12.1 Å². The van der Waals surface area contributed by atoms with Gasteiger partial charge in [-0.1, -0.05) is 24.3 Å². The lowest BCUT2D eigenvalue weighted by Gasteiger charge is -2.11. The van der Waals surface area contributed by atoms with Crippen molar-refractivity contribution >= 4 is 5.97 Å². The van der Waals surface area contributed by atoms with Crippen molar-refractivity contribution < 1.29 is 24.1 Å². The predicted molar refractivity (Wildman–Crippen MR) is 78.9 cm³/mol. The molecule has 0 radical (unpaired) electrons. The van der Waals surface area contributed by atoms with Crippen LogP contribution in [0.15, 0.2) is 55.1 Å². The van der Waals surface area contributed by atoms with Crippen LogP contribution in [0.3, 0.4) is 0 Å². The van der Waals surface area contributed by atoms with Crippen LogP contribution in [-0.2, 0) is 11.2 Å². The summed E-state index contributed by atoms with van der Waals surface area (Å²) < 4.78 is 15.9. The van der Waals surface area contributed by atoms with E-state index in [1.807, 2.05) is 12.1 Å². The maximum Gasteiger partial charge on any atom is 0.409 e. The fourth-order valence-corrected chi connectivity index (χ4v) is 2.11. The Labute approximate surface area is 127 Å². The van der Waals surface area contributed by atoms with Crippen LogP contribution < -0.4 is 9.47 Å². The van der Waals surface area contributed by atoms with Crippen molar-refractivity contribution in [2.24, 2.45) is 0 Å². The molecule has 0 saturated heterocycles. The normalized spacial score (nSPS) is 15.4. The van der Waals surface area contributed by atoms with Crippen LogP contribution in [0.4, 0.5) is 0 Å². The summed E-state index contributed by atoms with van der Waals surface area (Å²) in [6.07, 6.45) is 2.49. The van der Waals surface area contributed by atoms with E-state index in [2.05, 4.69) is 6.58 Å². The average Bonchev–Trinajstić information content (AvgIpc) is 2.89. The van der Waals surface area contributed by atoms with Gasteiger partial charge in [-0.25, -0.2) is 4.79 Å². The van der Waals surface area contributed by atoms with Gasteiger partial charge >= 0.3 is 12.4 Å². The van der Waals surface area contributed by atoms with Crippen molar-refractivity contribution in [2.75, 3.05) is 0 Å². The highest BCUT2D eigenvalue weighted by atomic mass is 16.9. The van der Waals surface area contributed by atoms with Crippen LogP contribution in [-0.4, -0.2) is 17.6 Å². The van der Waals surface area contributed by atoms with Gasteiger partial charge < -0.3 is 19.3 Å². The summed E-state index contributed by atoms with van der Waals surface area (Å²) in [5, 5.41) is 9.63. The number of benzene rings is 2. The van der Waals surface area contributed by atoms with Crippen LogP contribution in [0.5, 0.6) is 17.2 Å². The minimum absolute atomic E-state index is 0.0537. The molecule has 0 aliphatic carbocycles. The van der Waals surface area contributed by atoms with Crippen molar-refractivity contribution in [2.45, 2.75) is 12.9 Å². The van der Waals surface area contributed by atoms with Gasteiger partial charge in [-0.2, -0.15) is 0 Å². The molecule has 1 aliphatic rings. The molecule has 1 heterocycles. The minimum Gasteiger partial charge on any atom is -0.507 e. The first-order valence-electron chi connectivity index (χ1n) is 6.73. The number of fused-ring (bicyclic) bond motifs is 1. The molecule has 22 heavy (non-hydrogen) atoms. The zero-order valence-corrected chi connectivity index (χ0v) is 11.7. The van der Waals surface area contributed by atoms with Gasteiger partial charge in [0.2, 0.25) is 0 Å². The number of carbonyl (C=O) groups is 1. The number of allylic oxidation sites excluding steroid dienone is 1. The quantitative estimate of drug-likeness (QED) is 0.694. The molecule has 5 heteroatoms. The second-order valence-corrected chi connectivity index (χ2v) is 4.72. The molecule has 2 aromatic rings. The first-order valence-corrected chi connectivity index (χ1v) is 6.73. The lowest BCUT2D eigenvalue weighted by Crippen LogP contribution is -2.25. The number of para-hydroxylation sites is 1. The highest BCUT2D eigenvalue weighted by Gasteiger charge is 2.29. The zero-order chi connectivity index (χ0) is 15.5. The Hall–Kier alpha value is -2.95. The van der Waals surface area contributed by atoms with Crippen molar-refractivity contribution in [1.29, 1.82) is 0 Å². The zero-order valence-electron chi connectivity index (χ0n) is 11.7. The number of hydrogen-bond acceptors (Lipinski definition) is 5. The van der Waals surface area contributed by atoms with Crippen LogP contribution >= 0.6 is 0 Å². The number of aromatic hydroxyl groups is 1. The molecular formula is C17H14O5. The fourth-order valence-electron chi connectivity index (χ4n) is 2.11. The number of ether oxygens (including phenoxy) is 3. The van der Waals surface area contributed by atoms with E-state index in [0.717, 1.165) is 5.56 Å². The van der Waals surface area contributed by atoms with Crippen molar-refractivity contribution in [3.8, 4) is 17.2 Å². The topological polar surface area (TPSA) is 65.0 Å². The molecular weight excluding hydrogens is 284 g/mol.